The summed E-state index contributed by atoms with van der Waals surface area (Å²) in [6.45, 7) is -15.7. The molecule has 0 amide bonds. The molecule has 2 aliphatic rings. The van der Waals surface area contributed by atoms with E-state index in [1.54, 1.807) is 0 Å². The van der Waals surface area contributed by atoms with Gasteiger partial charge < -0.3 is 9.42 Å². The summed E-state index contributed by atoms with van der Waals surface area (Å²) in [5.74, 6) is -6.19. The minimum absolute atomic E-state index is 0.0818. The van der Waals surface area contributed by atoms with E-state index in [1.165, 1.54) is 0 Å². The highest BCUT2D eigenvalue weighted by molar-refractivity contribution is 5.79. The first-order valence-electron chi connectivity index (χ1n) is 19.2. The van der Waals surface area contributed by atoms with Crippen molar-refractivity contribution in [3.05, 3.63) is 57.1 Å². The van der Waals surface area contributed by atoms with Crippen LogP contribution in [0.3, 0.4) is 0 Å². The van der Waals surface area contributed by atoms with Gasteiger partial charge in [-0.05, 0) is 63.8 Å². The molecule has 3 aromatic rings. The van der Waals surface area contributed by atoms with Crippen molar-refractivity contribution < 1.29 is 37.7 Å². The van der Waals surface area contributed by atoms with E-state index in [0.717, 1.165) is 0 Å². The summed E-state index contributed by atoms with van der Waals surface area (Å²) in [7, 11) is 0. The monoisotopic (exact) mass is 431 g/mol. The van der Waals surface area contributed by atoms with Gasteiger partial charge in [0.05, 0.1) is 9.81 Å². The number of nitrogens with zero attached hydrogens (tertiary/aromatic N) is 4. The van der Waals surface area contributed by atoms with Gasteiger partial charge in [-0.3, -0.25) is 9.36 Å². The normalized spacial score (nSPS) is 41.6. The summed E-state index contributed by atoms with van der Waals surface area (Å²) in [4.78, 5) is 17.5. The number of likely N-dealkylation sites (tertiary alicyclic amines) is 1. The zero-order valence-corrected chi connectivity index (χ0v) is 15.1. The topological polar surface area (TPSA) is 64.2 Å². The summed E-state index contributed by atoms with van der Waals surface area (Å²) in [5, 5.41) is 2.44. The predicted octanol–water partition coefficient (Wildman–Crippen LogP) is 3.59. The van der Waals surface area contributed by atoms with E-state index in [9.17, 15) is 9.18 Å². The maximum atomic E-state index is 14.4. The number of halogens is 1. The molecule has 6 nitrogen and oxygen atoms in total. The second kappa shape index (κ2) is 7.95. The summed E-state index contributed by atoms with van der Waals surface area (Å²) in [6.07, 6.45) is -16.4. The number of fused-ring (bicyclic) bond motifs is 2. The Balaban J connectivity index is 1.69. The van der Waals surface area contributed by atoms with E-state index in [1.807, 2.05) is 0 Å². The van der Waals surface area contributed by atoms with Crippen molar-refractivity contribution in [3.8, 4) is 0 Å². The number of hydrogen-bond donors (Lipinski definition) is 0. The fourth-order valence-electron chi connectivity index (χ4n) is 2.95. The van der Waals surface area contributed by atoms with E-state index in [2.05, 4.69) is 10.1 Å². The number of hydrogen-bond acceptors (Lipinski definition) is 5. The number of aromatic nitrogens is 3. The molecule has 0 bridgehead atoms. The van der Waals surface area contributed by atoms with Crippen LogP contribution in [0.2, 0.25) is 0 Å². The molecule has 0 spiro atoms. The van der Waals surface area contributed by atoms with Gasteiger partial charge in [-0.2, -0.15) is 0 Å². The van der Waals surface area contributed by atoms with Gasteiger partial charge >= 0.3 is 0 Å². The number of benzene rings is 1. The number of piperidine rings is 1. The third-order valence-corrected chi connectivity index (χ3v) is 4.42. The standard InChI is InChI=1S/C23H27FN4O2/c1-15-18(23(29)28-10-3-2-4-21(28)25-15)9-13-27-11-7-16(8-12-27)22-19-6-5-17(24)14-20(19)30-26-22/h5-6,14,16H,2-4,7-13H2,1H3/i1D3,2D2,3D2,5D,6D,7D2,8D2,10D2,11D2,12D2,14D,16D. The number of rotatable bonds is 4. The lowest BCUT2D eigenvalue weighted by Gasteiger charge is -2.31. The molecule has 2 aromatic heterocycles. The van der Waals surface area contributed by atoms with Crippen LogP contribution in [0.5, 0.6) is 0 Å². The van der Waals surface area contributed by atoms with Crippen LogP contribution >= 0.6 is 0 Å². The first kappa shape index (κ1) is 6.99. The van der Waals surface area contributed by atoms with Crippen LogP contribution in [0.1, 0.15) is 82.9 Å². The van der Waals surface area contributed by atoms with Crippen molar-refractivity contribution in [2.75, 3.05) is 19.5 Å². The Bertz CT molecular complexity index is 1990. The average molecular weight is 432 g/mol. The van der Waals surface area contributed by atoms with Crippen LogP contribution in [0.15, 0.2) is 27.4 Å². The fraction of sp³-hybridized carbons (Fsp3) is 0.522. The summed E-state index contributed by atoms with van der Waals surface area (Å²) < 4.78 is 195. The van der Waals surface area contributed by atoms with Crippen LogP contribution in [0, 0.1) is 12.7 Å². The zero-order valence-electron chi connectivity index (χ0n) is 36.1. The first-order chi connectivity index (χ1) is 22.7. The van der Waals surface area contributed by atoms with Gasteiger partial charge in [-0.25, -0.2) is 9.37 Å². The van der Waals surface area contributed by atoms with Crippen LogP contribution in [0.25, 0.3) is 11.0 Å². The molecule has 158 valence electrons. The SMILES string of the molecule is [2H]c1c(F)c([2H])c2onc(C3([2H])C([2H])([2H])C([2H])([2H])N(CCc4c(C([2H])([2H])[2H])nc5n(c4=O)C([2H])([2H])C([2H])([2H])C([2H])([2H])C5)C([2H])([2H])C3([2H])[2H])c2c1[2H]. The quantitative estimate of drug-likeness (QED) is 0.632. The summed E-state index contributed by atoms with van der Waals surface area (Å²) in [6, 6.07) is -3.58. The molecule has 0 unspecified atom stereocenters. The van der Waals surface area contributed by atoms with Crippen molar-refractivity contribution in [1.29, 1.82) is 0 Å². The minimum atomic E-state index is -3.95. The first-order valence-corrected chi connectivity index (χ1v) is 8.70. The van der Waals surface area contributed by atoms with Crippen LogP contribution in [-0.4, -0.2) is 39.1 Å². The molecular formula is C23H27FN4O2. The summed E-state index contributed by atoms with van der Waals surface area (Å²) >= 11 is 0. The Kier molecular flexibility index (Phi) is 1.85. The maximum Gasteiger partial charge on any atom is 0.256 e. The molecule has 7 heteroatoms. The molecule has 2 aliphatic heterocycles. The van der Waals surface area contributed by atoms with Crippen LogP contribution < -0.4 is 5.56 Å². The van der Waals surface area contributed by atoms with Gasteiger partial charge in [0.2, 0.25) is 0 Å². The molecular weight excluding hydrogens is 383 g/mol. The maximum absolute atomic E-state index is 14.4. The second-order valence-electron chi connectivity index (χ2n) is 6.26. The van der Waals surface area contributed by atoms with Gasteiger partial charge in [0.15, 0.2) is 5.58 Å². The average Bonchev–Trinajstić information content (AvgIpc) is 3.42. The minimum Gasteiger partial charge on any atom is -0.356 e. The Morgan fingerprint density at radius 2 is 2.23 bits per heavy atom. The third kappa shape index (κ3) is 3.55. The zero-order chi connectivity index (χ0) is 39.2. The van der Waals surface area contributed by atoms with Crippen molar-refractivity contribution >= 4 is 11.0 Å². The van der Waals surface area contributed by atoms with Crippen molar-refractivity contribution in [2.24, 2.45) is 0 Å². The van der Waals surface area contributed by atoms with Gasteiger partial charge in [0, 0.05) is 72.7 Å². The van der Waals surface area contributed by atoms with Gasteiger partial charge in [-0.1, -0.05) is 5.16 Å². The Morgan fingerprint density at radius 1 is 1.37 bits per heavy atom. The van der Waals surface area contributed by atoms with E-state index in [-0.39, 0.29) is 9.47 Å². The highest BCUT2D eigenvalue weighted by Gasteiger charge is 2.25. The highest BCUT2D eigenvalue weighted by Crippen LogP contribution is 2.32. The van der Waals surface area contributed by atoms with Gasteiger partial charge in [-0.15, -0.1) is 0 Å². The smallest absolute Gasteiger partial charge is 0.256 e. The summed E-state index contributed by atoms with van der Waals surface area (Å²) in [5.41, 5.74) is -5.78. The van der Waals surface area contributed by atoms with E-state index < -0.39 is 140 Å². The highest BCUT2D eigenvalue weighted by atomic mass is 19.1. The Morgan fingerprint density at radius 3 is 3.07 bits per heavy atom. The Hall–Kier alpha value is -2.54. The molecule has 30 heavy (non-hydrogen) atoms. The molecule has 1 saturated heterocycles. The predicted molar refractivity (Wildman–Crippen MR) is 112 cm³/mol. The lowest BCUT2D eigenvalue weighted by atomic mass is 9.91. The molecule has 4 heterocycles. The lowest BCUT2D eigenvalue weighted by Crippen LogP contribution is -2.37. The number of aryl methyl sites for hydroxylation is 2. The van der Waals surface area contributed by atoms with Crippen LogP contribution in [-0.2, 0) is 19.3 Å². The van der Waals surface area contributed by atoms with Gasteiger partial charge in [0.25, 0.3) is 5.56 Å². The lowest BCUT2D eigenvalue weighted by molar-refractivity contribution is 0.211. The van der Waals surface area contributed by atoms with Gasteiger partial charge in [0.1, 0.15) is 11.6 Å². The van der Waals surface area contributed by atoms with E-state index in [4.69, 9.17) is 33.3 Å². The molecule has 5 rings (SSSR count). The molecule has 0 radical (unpaired) electrons. The molecule has 1 fully saturated rings. The van der Waals surface area contributed by atoms with Crippen molar-refractivity contribution in [1.82, 2.24) is 19.6 Å². The van der Waals surface area contributed by atoms with E-state index in [0.29, 0.717) is 0 Å². The van der Waals surface area contributed by atoms with Crippen molar-refractivity contribution in [3.63, 3.8) is 0 Å². The molecule has 1 aromatic carbocycles. The third-order valence-electron chi connectivity index (χ3n) is 4.42. The van der Waals surface area contributed by atoms with Crippen LogP contribution in [0.4, 0.5) is 4.39 Å². The molecule has 0 aliphatic carbocycles. The van der Waals surface area contributed by atoms with E-state index >= 15 is 0 Å². The fourth-order valence-corrected chi connectivity index (χ4v) is 2.95. The largest absolute Gasteiger partial charge is 0.356 e. The molecule has 0 N–H and O–H groups in total. The second-order valence-corrected chi connectivity index (χ2v) is 6.26. The molecule has 0 saturated carbocycles. The molecule has 0 atom stereocenters. The Labute approximate surface area is 204 Å². The van der Waals surface area contributed by atoms with Crippen molar-refractivity contribution in [2.45, 2.75) is 57.6 Å².